The number of hydrogen-bond donors (Lipinski definition) is 2. The molecule has 7 nitrogen and oxygen atoms in total. The fraction of sp³-hybridized carbons (Fsp3) is 0.286. The quantitative estimate of drug-likeness (QED) is 0.883. The number of oxazole rings is 1. The van der Waals surface area contributed by atoms with E-state index in [1.807, 2.05) is 0 Å². The lowest BCUT2D eigenvalue weighted by Gasteiger charge is -2.13. The average Bonchev–Trinajstić information content (AvgIpc) is 3.13. The molecule has 1 aromatic carbocycles. The second-order valence-corrected chi connectivity index (χ2v) is 4.77. The van der Waals surface area contributed by atoms with Crippen molar-refractivity contribution in [3.8, 4) is 11.5 Å². The Morgan fingerprint density at radius 3 is 2.82 bits per heavy atom. The highest BCUT2D eigenvalue weighted by Gasteiger charge is 2.32. The van der Waals surface area contributed by atoms with Crippen molar-refractivity contribution >= 4 is 11.8 Å². The molecule has 1 amide bonds. The molecule has 1 atom stereocenters. The zero-order chi connectivity index (χ0) is 15.7. The van der Waals surface area contributed by atoms with E-state index in [1.54, 1.807) is 0 Å². The van der Waals surface area contributed by atoms with E-state index in [4.69, 9.17) is 19.4 Å². The highest BCUT2D eigenvalue weighted by atomic mass is 19.1. The van der Waals surface area contributed by atoms with Gasteiger partial charge in [-0.3, -0.25) is 4.90 Å². The minimum Gasteiger partial charge on any atom is -0.444 e. The third-order valence-corrected chi connectivity index (χ3v) is 3.29. The number of ether oxygens (including phenoxy) is 1. The summed E-state index contributed by atoms with van der Waals surface area (Å²) in [6, 6.07) is 4.12. The van der Waals surface area contributed by atoms with Gasteiger partial charge in [0, 0.05) is 0 Å². The van der Waals surface area contributed by atoms with Gasteiger partial charge in [0.15, 0.2) is 0 Å². The van der Waals surface area contributed by atoms with Crippen molar-refractivity contribution in [2.45, 2.75) is 12.7 Å². The van der Waals surface area contributed by atoms with Crippen LogP contribution in [-0.4, -0.2) is 40.5 Å². The molecule has 0 bridgehead atoms. The Morgan fingerprint density at radius 1 is 1.41 bits per heavy atom. The Labute approximate surface area is 124 Å². The van der Waals surface area contributed by atoms with Gasteiger partial charge in [-0.2, -0.15) is 0 Å². The molecule has 2 heterocycles. The number of aliphatic hydroxyl groups excluding tert-OH is 2. The number of hydrogen-bond acceptors (Lipinski definition) is 6. The first kappa shape index (κ1) is 14.5. The largest absolute Gasteiger partial charge is 0.444 e. The SMILES string of the molecule is O=C1O[C@@H](CO)CN1c1ccc(-c2nc(CO)co2)c(F)c1. The highest BCUT2D eigenvalue weighted by Crippen LogP contribution is 2.28. The molecular formula is C14H13FN2O5. The summed E-state index contributed by atoms with van der Waals surface area (Å²) in [5.74, 6) is -0.575. The number of halogens is 1. The maximum atomic E-state index is 14.2. The van der Waals surface area contributed by atoms with Crippen molar-refractivity contribution < 1.29 is 28.6 Å². The summed E-state index contributed by atoms with van der Waals surface area (Å²) < 4.78 is 24.2. The number of carbonyl (C=O) groups excluding carboxylic acids is 1. The van der Waals surface area contributed by atoms with E-state index in [0.29, 0.717) is 11.4 Å². The van der Waals surface area contributed by atoms with E-state index >= 15 is 0 Å². The molecule has 1 aliphatic rings. The van der Waals surface area contributed by atoms with Crippen LogP contribution in [0.3, 0.4) is 0 Å². The molecule has 0 saturated carbocycles. The Hall–Kier alpha value is -2.45. The van der Waals surface area contributed by atoms with Crippen LogP contribution >= 0.6 is 0 Å². The van der Waals surface area contributed by atoms with Gasteiger partial charge in [-0.05, 0) is 18.2 Å². The number of aliphatic hydroxyl groups is 2. The first-order valence-corrected chi connectivity index (χ1v) is 6.56. The molecule has 0 spiro atoms. The third-order valence-electron chi connectivity index (χ3n) is 3.29. The Bertz CT molecular complexity index is 702. The molecule has 0 radical (unpaired) electrons. The molecule has 1 aromatic heterocycles. The lowest BCUT2D eigenvalue weighted by molar-refractivity contribution is 0.0963. The summed E-state index contributed by atoms with van der Waals surface area (Å²) in [5, 5.41) is 17.9. The standard InChI is InChI=1S/C14H13FN2O5/c15-12-3-9(17-4-10(6-19)22-14(17)20)1-2-11(12)13-16-8(5-18)7-21-13/h1-3,7,10,18-19H,4-6H2/t10-/m1/s1. The van der Waals surface area contributed by atoms with Crippen LogP contribution in [0.2, 0.25) is 0 Å². The van der Waals surface area contributed by atoms with Crippen LogP contribution in [-0.2, 0) is 11.3 Å². The van der Waals surface area contributed by atoms with Crippen LogP contribution in [0.4, 0.5) is 14.9 Å². The van der Waals surface area contributed by atoms with Crippen LogP contribution in [0.25, 0.3) is 11.5 Å². The fourth-order valence-electron chi connectivity index (χ4n) is 2.18. The van der Waals surface area contributed by atoms with Crippen molar-refractivity contribution in [2.24, 2.45) is 0 Å². The van der Waals surface area contributed by atoms with Crippen LogP contribution in [0.1, 0.15) is 5.69 Å². The molecule has 1 aliphatic heterocycles. The summed E-state index contributed by atoms with van der Waals surface area (Å²) in [6.45, 7) is -0.434. The van der Waals surface area contributed by atoms with E-state index in [-0.39, 0.29) is 31.2 Å². The van der Waals surface area contributed by atoms with Gasteiger partial charge in [0.1, 0.15) is 23.9 Å². The number of anilines is 1. The zero-order valence-corrected chi connectivity index (χ0v) is 11.4. The molecule has 2 aromatic rings. The van der Waals surface area contributed by atoms with Crippen LogP contribution in [0, 0.1) is 5.82 Å². The van der Waals surface area contributed by atoms with Gasteiger partial charge in [0.2, 0.25) is 5.89 Å². The van der Waals surface area contributed by atoms with Gasteiger partial charge in [-0.1, -0.05) is 0 Å². The Balaban J connectivity index is 1.88. The minimum atomic E-state index is -0.634. The molecule has 8 heteroatoms. The summed E-state index contributed by atoms with van der Waals surface area (Å²) in [5.41, 5.74) is 0.734. The summed E-state index contributed by atoms with van der Waals surface area (Å²) in [4.78, 5) is 16.8. The molecule has 0 unspecified atom stereocenters. The number of aromatic nitrogens is 1. The first-order chi connectivity index (χ1) is 10.6. The van der Waals surface area contributed by atoms with Gasteiger partial charge in [-0.25, -0.2) is 14.2 Å². The molecule has 0 aliphatic carbocycles. The smallest absolute Gasteiger partial charge is 0.414 e. The highest BCUT2D eigenvalue weighted by molar-refractivity contribution is 5.90. The van der Waals surface area contributed by atoms with E-state index < -0.39 is 18.0 Å². The average molecular weight is 308 g/mol. The van der Waals surface area contributed by atoms with Gasteiger partial charge in [0.05, 0.1) is 31.0 Å². The van der Waals surface area contributed by atoms with E-state index in [2.05, 4.69) is 4.98 Å². The molecule has 2 N–H and O–H groups in total. The van der Waals surface area contributed by atoms with E-state index in [1.165, 1.54) is 29.4 Å². The number of benzene rings is 1. The normalized spacial score (nSPS) is 17.9. The number of nitrogens with zero attached hydrogens (tertiary/aromatic N) is 2. The van der Waals surface area contributed by atoms with E-state index in [0.717, 1.165) is 0 Å². The van der Waals surface area contributed by atoms with Crippen LogP contribution < -0.4 is 4.90 Å². The Morgan fingerprint density at radius 2 is 2.23 bits per heavy atom. The van der Waals surface area contributed by atoms with Crippen LogP contribution in [0.15, 0.2) is 28.9 Å². The van der Waals surface area contributed by atoms with Gasteiger partial charge < -0.3 is 19.4 Å². The predicted octanol–water partition coefficient (Wildman–Crippen LogP) is 1.29. The molecule has 1 fully saturated rings. The lowest BCUT2D eigenvalue weighted by atomic mass is 10.1. The molecule has 1 saturated heterocycles. The second kappa shape index (κ2) is 5.74. The van der Waals surface area contributed by atoms with Gasteiger partial charge in [-0.15, -0.1) is 0 Å². The fourth-order valence-corrected chi connectivity index (χ4v) is 2.18. The maximum Gasteiger partial charge on any atom is 0.414 e. The zero-order valence-electron chi connectivity index (χ0n) is 11.4. The maximum absolute atomic E-state index is 14.2. The molecule has 116 valence electrons. The van der Waals surface area contributed by atoms with Crippen molar-refractivity contribution in [3.63, 3.8) is 0 Å². The van der Waals surface area contributed by atoms with Crippen molar-refractivity contribution in [1.29, 1.82) is 0 Å². The predicted molar refractivity (Wildman–Crippen MR) is 72.5 cm³/mol. The van der Waals surface area contributed by atoms with Gasteiger partial charge >= 0.3 is 6.09 Å². The van der Waals surface area contributed by atoms with Gasteiger partial charge in [0.25, 0.3) is 0 Å². The Kier molecular flexibility index (Phi) is 3.78. The topological polar surface area (TPSA) is 96.0 Å². The monoisotopic (exact) mass is 308 g/mol. The number of cyclic esters (lactones) is 1. The number of amides is 1. The third kappa shape index (κ3) is 2.53. The van der Waals surface area contributed by atoms with E-state index in [9.17, 15) is 9.18 Å². The lowest BCUT2D eigenvalue weighted by Crippen LogP contribution is -2.25. The van der Waals surface area contributed by atoms with Crippen molar-refractivity contribution in [3.05, 3.63) is 36.0 Å². The molecule has 22 heavy (non-hydrogen) atoms. The first-order valence-electron chi connectivity index (χ1n) is 6.56. The number of rotatable bonds is 4. The van der Waals surface area contributed by atoms with Crippen molar-refractivity contribution in [1.82, 2.24) is 4.98 Å². The summed E-state index contributed by atoms with van der Waals surface area (Å²) in [7, 11) is 0. The number of carbonyl (C=O) groups is 1. The second-order valence-electron chi connectivity index (χ2n) is 4.77. The summed E-state index contributed by atoms with van der Waals surface area (Å²) in [6.07, 6.45) is -0.00852. The molecule has 3 rings (SSSR count). The molecular weight excluding hydrogens is 295 g/mol. The van der Waals surface area contributed by atoms with Crippen molar-refractivity contribution in [2.75, 3.05) is 18.1 Å². The minimum absolute atomic E-state index is 0.0466. The van der Waals surface area contributed by atoms with Crippen LogP contribution in [0.5, 0.6) is 0 Å². The summed E-state index contributed by atoms with van der Waals surface area (Å²) >= 11 is 0.